The minimum absolute atomic E-state index is 0.0917. The molecule has 1 aromatic rings. The molecule has 0 saturated heterocycles. The zero-order valence-corrected chi connectivity index (χ0v) is 10.9. The quantitative estimate of drug-likeness (QED) is 0.773. The van der Waals surface area contributed by atoms with Crippen LogP contribution in [0.3, 0.4) is 0 Å². The molecule has 0 bridgehead atoms. The van der Waals surface area contributed by atoms with E-state index >= 15 is 0 Å². The number of likely N-dealkylation sites (N-methyl/N-ethyl adjacent to an activating group) is 1. The van der Waals surface area contributed by atoms with Gasteiger partial charge >= 0.3 is 0 Å². The highest BCUT2D eigenvalue weighted by atomic mass is 32.1. The van der Waals surface area contributed by atoms with E-state index in [1.165, 1.54) is 5.56 Å². The summed E-state index contributed by atoms with van der Waals surface area (Å²) < 4.78 is 5.84. The van der Waals surface area contributed by atoms with Gasteiger partial charge in [0.15, 0.2) is 6.17 Å². The lowest BCUT2D eigenvalue weighted by atomic mass is 10.2. The van der Waals surface area contributed by atoms with Crippen LogP contribution in [-0.4, -0.2) is 29.3 Å². The Labute approximate surface area is 106 Å². The van der Waals surface area contributed by atoms with E-state index in [9.17, 15) is 0 Å². The third kappa shape index (κ3) is 2.61. The first kappa shape index (κ1) is 12.0. The van der Waals surface area contributed by atoms with E-state index in [1.54, 1.807) is 0 Å². The second-order valence-electron chi connectivity index (χ2n) is 4.16. The van der Waals surface area contributed by atoms with E-state index in [0.29, 0.717) is 5.11 Å². The summed E-state index contributed by atoms with van der Waals surface area (Å²) in [5.41, 5.74) is 1.17. The molecular formula is C12H15N3OS. The average Bonchev–Trinajstić information content (AvgIpc) is 2.60. The minimum Gasteiger partial charge on any atom is -0.486 e. The zero-order chi connectivity index (χ0) is 12.4. The van der Waals surface area contributed by atoms with E-state index in [0.717, 1.165) is 5.75 Å². The molecule has 1 heterocycles. The first-order valence-corrected chi connectivity index (χ1v) is 5.90. The van der Waals surface area contributed by atoms with Crippen molar-refractivity contribution in [3.8, 4) is 5.75 Å². The third-order valence-corrected chi connectivity index (χ3v) is 3.06. The van der Waals surface area contributed by atoms with Gasteiger partial charge in [0.05, 0.1) is 0 Å². The molecule has 0 amide bonds. The standard InChI is InChI=1S/C12H15N3OS/c1-8-5-4-6-10(7-8)16-9(2)11-13-14-12(17)15(11)3/h4-7,9,11H,1-3H3. The van der Waals surface area contributed by atoms with Crippen molar-refractivity contribution in [3.63, 3.8) is 0 Å². The van der Waals surface area contributed by atoms with Crippen molar-refractivity contribution in [2.75, 3.05) is 7.05 Å². The van der Waals surface area contributed by atoms with Gasteiger partial charge in [0.2, 0.25) is 5.11 Å². The van der Waals surface area contributed by atoms with Gasteiger partial charge in [0, 0.05) is 7.05 Å². The molecule has 1 aliphatic heterocycles. The Morgan fingerprint density at radius 2 is 2.24 bits per heavy atom. The van der Waals surface area contributed by atoms with Crippen molar-refractivity contribution in [2.45, 2.75) is 26.1 Å². The Balaban J connectivity index is 2.05. The smallest absolute Gasteiger partial charge is 0.217 e. The second-order valence-corrected chi connectivity index (χ2v) is 4.53. The van der Waals surface area contributed by atoms with E-state index < -0.39 is 0 Å². The van der Waals surface area contributed by atoms with E-state index in [-0.39, 0.29) is 12.3 Å². The van der Waals surface area contributed by atoms with Crippen LogP contribution in [0.25, 0.3) is 0 Å². The predicted octanol–water partition coefficient (Wildman–Crippen LogP) is 2.77. The maximum absolute atomic E-state index is 5.84. The lowest BCUT2D eigenvalue weighted by molar-refractivity contribution is 0.142. The van der Waals surface area contributed by atoms with Gasteiger partial charge in [-0.3, -0.25) is 0 Å². The normalized spacial score (nSPS) is 20.8. The topological polar surface area (TPSA) is 37.2 Å². The number of rotatable bonds is 3. The first-order valence-electron chi connectivity index (χ1n) is 5.49. The summed E-state index contributed by atoms with van der Waals surface area (Å²) in [7, 11) is 1.88. The first-order chi connectivity index (χ1) is 8.08. The number of ether oxygens (including phenoxy) is 1. The summed E-state index contributed by atoms with van der Waals surface area (Å²) >= 11 is 5.03. The number of aryl methyl sites for hydroxylation is 1. The highest BCUT2D eigenvalue weighted by Crippen LogP contribution is 2.20. The molecule has 0 fully saturated rings. The van der Waals surface area contributed by atoms with E-state index in [2.05, 4.69) is 10.2 Å². The van der Waals surface area contributed by atoms with Gasteiger partial charge in [-0.05, 0) is 43.8 Å². The van der Waals surface area contributed by atoms with Crippen LogP contribution in [-0.2, 0) is 0 Å². The van der Waals surface area contributed by atoms with Gasteiger partial charge in [-0.15, -0.1) is 5.11 Å². The van der Waals surface area contributed by atoms with Crippen molar-refractivity contribution < 1.29 is 4.74 Å². The monoisotopic (exact) mass is 249 g/mol. The van der Waals surface area contributed by atoms with Crippen LogP contribution in [0.5, 0.6) is 5.75 Å². The summed E-state index contributed by atoms with van der Waals surface area (Å²) in [6.07, 6.45) is -0.228. The summed E-state index contributed by atoms with van der Waals surface area (Å²) in [5, 5.41) is 8.49. The molecule has 2 rings (SSSR count). The van der Waals surface area contributed by atoms with Crippen LogP contribution in [0.15, 0.2) is 34.5 Å². The molecule has 90 valence electrons. The van der Waals surface area contributed by atoms with Crippen molar-refractivity contribution in [3.05, 3.63) is 29.8 Å². The Morgan fingerprint density at radius 1 is 1.47 bits per heavy atom. The van der Waals surface area contributed by atoms with Crippen LogP contribution in [0.4, 0.5) is 0 Å². The number of nitrogens with zero attached hydrogens (tertiary/aromatic N) is 3. The van der Waals surface area contributed by atoms with Crippen molar-refractivity contribution in [1.82, 2.24) is 4.90 Å². The molecule has 0 spiro atoms. The van der Waals surface area contributed by atoms with Gasteiger partial charge in [0.25, 0.3) is 0 Å². The van der Waals surface area contributed by atoms with Gasteiger partial charge < -0.3 is 9.64 Å². The largest absolute Gasteiger partial charge is 0.486 e. The molecular weight excluding hydrogens is 234 g/mol. The Kier molecular flexibility index (Phi) is 3.38. The molecule has 0 aromatic heterocycles. The lowest BCUT2D eigenvalue weighted by Gasteiger charge is -2.24. The van der Waals surface area contributed by atoms with Crippen LogP contribution in [0.2, 0.25) is 0 Å². The maximum Gasteiger partial charge on any atom is 0.217 e. The fraction of sp³-hybridized carbons (Fsp3) is 0.417. The number of azo groups is 1. The van der Waals surface area contributed by atoms with E-state index in [1.807, 2.05) is 50.1 Å². The summed E-state index contributed by atoms with van der Waals surface area (Å²) in [5.74, 6) is 0.846. The zero-order valence-electron chi connectivity index (χ0n) is 10.1. The third-order valence-electron chi connectivity index (χ3n) is 2.69. The molecule has 0 N–H and O–H groups in total. The van der Waals surface area contributed by atoms with Crippen molar-refractivity contribution in [2.24, 2.45) is 10.2 Å². The van der Waals surface area contributed by atoms with Crippen LogP contribution in [0.1, 0.15) is 12.5 Å². The molecule has 5 heteroatoms. The van der Waals surface area contributed by atoms with Crippen LogP contribution < -0.4 is 4.74 Å². The number of hydrogen-bond acceptors (Lipinski definition) is 3. The Bertz CT molecular complexity index is 461. The van der Waals surface area contributed by atoms with Gasteiger partial charge in [-0.25, -0.2) is 0 Å². The summed E-state index contributed by atoms with van der Waals surface area (Å²) in [4.78, 5) is 1.84. The molecule has 1 aliphatic rings. The molecule has 17 heavy (non-hydrogen) atoms. The highest BCUT2D eigenvalue weighted by Gasteiger charge is 2.29. The second kappa shape index (κ2) is 4.79. The SMILES string of the molecule is Cc1cccc(OC(C)C2N=NC(=S)N2C)c1. The maximum atomic E-state index is 5.84. The van der Waals surface area contributed by atoms with Crippen LogP contribution in [0, 0.1) is 6.92 Å². The van der Waals surface area contributed by atoms with Gasteiger partial charge in [0.1, 0.15) is 11.9 Å². The van der Waals surface area contributed by atoms with Crippen molar-refractivity contribution in [1.29, 1.82) is 0 Å². The minimum atomic E-state index is -0.136. The fourth-order valence-electron chi connectivity index (χ4n) is 1.74. The van der Waals surface area contributed by atoms with Crippen molar-refractivity contribution >= 4 is 17.3 Å². The molecule has 4 nitrogen and oxygen atoms in total. The number of benzene rings is 1. The fourth-order valence-corrected chi connectivity index (χ4v) is 1.90. The number of hydrogen-bond donors (Lipinski definition) is 0. The Morgan fingerprint density at radius 3 is 2.82 bits per heavy atom. The summed E-state index contributed by atoms with van der Waals surface area (Å²) in [6.45, 7) is 4.00. The van der Waals surface area contributed by atoms with E-state index in [4.69, 9.17) is 17.0 Å². The van der Waals surface area contributed by atoms with Gasteiger partial charge in [-0.2, -0.15) is 5.11 Å². The predicted molar refractivity (Wildman–Crippen MR) is 70.3 cm³/mol. The molecule has 0 radical (unpaired) electrons. The Hall–Kier alpha value is -1.49. The molecule has 2 atom stereocenters. The molecule has 2 unspecified atom stereocenters. The average molecular weight is 249 g/mol. The summed E-state index contributed by atoms with van der Waals surface area (Å²) in [6, 6.07) is 7.95. The van der Waals surface area contributed by atoms with Gasteiger partial charge in [-0.1, -0.05) is 12.1 Å². The van der Waals surface area contributed by atoms with Crippen LogP contribution >= 0.6 is 12.2 Å². The highest BCUT2D eigenvalue weighted by molar-refractivity contribution is 7.80. The molecule has 0 aliphatic carbocycles. The molecule has 1 aromatic carbocycles. The lowest BCUT2D eigenvalue weighted by Crippen LogP contribution is -2.39. The molecule has 0 saturated carbocycles. The number of thiocarbonyl (C=S) groups is 1.